The van der Waals surface area contributed by atoms with Gasteiger partial charge in [0, 0.05) is 6.07 Å². The number of nitro groups is 2. The highest BCUT2D eigenvalue weighted by molar-refractivity contribution is 5.49. The topological polar surface area (TPSA) is 137 Å². The molecule has 0 amide bonds. The molecule has 0 unspecified atom stereocenters. The third kappa shape index (κ3) is 2.75. The van der Waals surface area contributed by atoms with Gasteiger partial charge in [0.2, 0.25) is 0 Å². The van der Waals surface area contributed by atoms with Crippen molar-refractivity contribution in [1.82, 2.24) is 15.0 Å². The standard InChI is InChI=1S/C10H9N5O5/c16-6-8-5-13(12-11-8)4-7-1-2-9(14(17)18)3-10(7)15(19)20/h1-3,5,16H,4,6H2. The van der Waals surface area contributed by atoms with E-state index in [2.05, 4.69) is 10.3 Å². The van der Waals surface area contributed by atoms with E-state index in [4.69, 9.17) is 5.11 Å². The van der Waals surface area contributed by atoms with E-state index >= 15 is 0 Å². The van der Waals surface area contributed by atoms with Gasteiger partial charge < -0.3 is 5.11 Å². The molecule has 0 aliphatic heterocycles. The minimum Gasteiger partial charge on any atom is -0.390 e. The van der Waals surface area contributed by atoms with Crippen LogP contribution in [-0.4, -0.2) is 29.9 Å². The molecule has 0 aliphatic carbocycles. The second-order valence-corrected chi connectivity index (χ2v) is 3.89. The van der Waals surface area contributed by atoms with Crippen molar-refractivity contribution in [2.45, 2.75) is 13.2 Å². The van der Waals surface area contributed by atoms with Crippen LogP contribution < -0.4 is 0 Å². The molecule has 20 heavy (non-hydrogen) atoms. The van der Waals surface area contributed by atoms with Gasteiger partial charge in [-0.05, 0) is 6.07 Å². The van der Waals surface area contributed by atoms with Gasteiger partial charge in [0.25, 0.3) is 11.4 Å². The van der Waals surface area contributed by atoms with E-state index in [1.54, 1.807) is 0 Å². The molecule has 0 radical (unpaired) electrons. The molecule has 10 nitrogen and oxygen atoms in total. The number of aromatic nitrogens is 3. The number of benzene rings is 1. The summed E-state index contributed by atoms with van der Waals surface area (Å²) in [6.45, 7) is -0.260. The normalized spacial score (nSPS) is 10.4. The van der Waals surface area contributed by atoms with Crippen LogP contribution in [0.3, 0.4) is 0 Å². The maximum absolute atomic E-state index is 10.9. The first-order valence-electron chi connectivity index (χ1n) is 5.43. The van der Waals surface area contributed by atoms with E-state index in [0.717, 1.165) is 6.07 Å². The van der Waals surface area contributed by atoms with Gasteiger partial charge in [-0.3, -0.25) is 20.2 Å². The highest BCUT2D eigenvalue weighted by atomic mass is 16.6. The molecular formula is C10H9N5O5. The van der Waals surface area contributed by atoms with E-state index in [0.29, 0.717) is 5.69 Å². The second kappa shape index (κ2) is 5.40. The minimum absolute atomic E-state index is 0.0291. The quantitative estimate of drug-likeness (QED) is 0.625. The van der Waals surface area contributed by atoms with Gasteiger partial charge in [0.1, 0.15) is 5.69 Å². The van der Waals surface area contributed by atoms with Gasteiger partial charge in [0.15, 0.2) is 0 Å². The maximum atomic E-state index is 10.9. The lowest BCUT2D eigenvalue weighted by atomic mass is 10.1. The number of non-ortho nitro benzene ring substituents is 1. The molecule has 2 aromatic rings. The lowest BCUT2D eigenvalue weighted by molar-refractivity contribution is -0.394. The van der Waals surface area contributed by atoms with Crippen molar-refractivity contribution in [2.24, 2.45) is 0 Å². The van der Waals surface area contributed by atoms with Crippen LogP contribution in [0.2, 0.25) is 0 Å². The smallest absolute Gasteiger partial charge is 0.281 e. The molecule has 0 bridgehead atoms. The third-order valence-electron chi connectivity index (χ3n) is 2.56. The van der Waals surface area contributed by atoms with Crippen molar-refractivity contribution in [1.29, 1.82) is 0 Å². The molecule has 0 saturated heterocycles. The first-order valence-corrected chi connectivity index (χ1v) is 5.43. The molecule has 1 heterocycles. The fraction of sp³-hybridized carbons (Fsp3) is 0.200. The Morgan fingerprint density at radius 2 is 2.00 bits per heavy atom. The van der Waals surface area contributed by atoms with E-state index in [9.17, 15) is 20.2 Å². The van der Waals surface area contributed by atoms with Crippen molar-refractivity contribution < 1.29 is 15.0 Å². The Bertz CT molecular complexity index is 668. The van der Waals surface area contributed by atoms with E-state index < -0.39 is 9.85 Å². The zero-order chi connectivity index (χ0) is 14.7. The number of rotatable bonds is 5. The summed E-state index contributed by atoms with van der Waals surface area (Å²) in [7, 11) is 0. The van der Waals surface area contributed by atoms with Crippen molar-refractivity contribution in [3.63, 3.8) is 0 Å². The monoisotopic (exact) mass is 279 g/mol. The molecule has 1 aromatic heterocycles. The van der Waals surface area contributed by atoms with E-state index in [1.165, 1.54) is 23.0 Å². The van der Waals surface area contributed by atoms with E-state index in [-0.39, 0.29) is 30.1 Å². The van der Waals surface area contributed by atoms with Crippen LogP contribution in [-0.2, 0) is 13.2 Å². The predicted molar refractivity (Wildman–Crippen MR) is 64.8 cm³/mol. The van der Waals surface area contributed by atoms with Crippen LogP contribution >= 0.6 is 0 Å². The summed E-state index contributed by atoms with van der Waals surface area (Å²) in [6, 6.07) is 3.39. The van der Waals surface area contributed by atoms with Gasteiger partial charge >= 0.3 is 0 Å². The summed E-state index contributed by atoms with van der Waals surface area (Å²) in [5, 5.41) is 37.7. The van der Waals surface area contributed by atoms with Gasteiger partial charge in [-0.2, -0.15) is 0 Å². The molecule has 10 heteroatoms. The summed E-state index contributed by atoms with van der Waals surface area (Å²) in [5.74, 6) is 0. The molecular weight excluding hydrogens is 270 g/mol. The molecule has 1 aromatic carbocycles. The summed E-state index contributed by atoms with van der Waals surface area (Å²) < 4.78 is 1.31. The summed E-state index contributed by atoms with van der Waals surface area (Å²) in [4.78, 5) is 20.2. The molecule has 0 saturated carbocycles. The van der Waals surface area contributed by atoms with Gasteiger partial charge in [-0.15, -0.1) is 5.10 Å². The van der Waals surface area contributed by atoms with Crippen LogP contribution in [0.4, 0.5) is 11.4 Å². The van der Waals surface area contributed by atoms with Crippen LogP contribution in [0, 0.1) is 20.2 Å². The second-order valence-electron chi connectivity index (χ2n) is 3.89. The number of nitrogens with zero attached hydrogens (tertiary/aromatic N) is 5. The van der Waals surface area contributed by atoms with Gasteiger partial charge in [-0.25, -0.2) is 4.68 Å². The average Bonchev–Trinajstić information content (AvgIpc) is 2.86. The number of aliphatic hydroxyl groups is 1. The van der Waals surface area contributed by atoms with E-state index in [1.807, 2.05) is 0 Å². The molecule has 0 aliphatic rings. The zero-order valence-corrected chi connectivity index (χ0v) is 10.0. The number of hydrogen-bond acceptors (Lipinski definition) is 7. The Morgan fingerprint density at radius 3 is 2.55 bits per heavy atom. The van der Waals surface area contributed by atoms with Crippen molar-refractivity contribution in [3.05, 3.63) is 55.9 Å². The highest BCUT2D eigenvalue weighted by Gasteiger charge is 2.19. The highest BCUT2D eigenvalue weighted by Crippen LogP contribution is 2.25. The Morgan fingerprint density at radius 1 is 1.25 bits per heavy atom. The molecule has 0 spiro atoms. The van der Waals surface area contributed by atoms with Crippen molar-refractivity contribution in [3.8, 4) is 0 Å². The third-order valence-corrected chi connectivity index (χ3v) is 2.56. The SMILES string of the molecule is O=[N+]([O-])c1ccc(Cn2cc(CO)nn2)c([N+](=O)[O-])c1. The lowest BCUT2D eigenvalue weighted by Gasteiger charge is -2.02. The summed E-state index contributed by atoms with van der Waals surface area (Å²) >= 11 is 0. The molecule has 0 atom stereocenters. The Labute approximate surface area is 111 Å². The number of hydrogen-bond donors (Lipinski definition) is 1. The molecule has 0 fully saturated rings. The Balaban J connectivity index is 2.35. The molecule has 1 N–H and O–H groups in total. The van der Waals surface area contributed by atoms with Gasteiger partial charge in [-0.1, -0.05) is 5.21 Å². The van der Waals surface area contributed by atoms with Crippen LogP contribution in [0.15, 0.2) is 24.4 Å². The van der Waals surface area contributed by atoms with Crippen LogP contribution in [0.25, 0.3) is 0 Å². The fourth-order valence-corrected chi connectivity index (χ4v) is 1.63. The first-order chi connectivity index (χ1) is 9.51. The molecule has 104 valence electrons. The number of nitro benzene ring substituents is 2. The van der Waals surface area contributed by atoms with Crippen LogP contribution in [0.1, 0.15) is 11.3 Å². The zero-order valence-electron chi connectivity index (χ0n) is 10.0. The Hall–Kier alpha value is -2.88. The minimum atomic E-state index is -0.698. The largest absolute Gasteiger partial charge is 0.390 e. The Kier molecular flexibility index (Phi) is 3.66. The van der Waals surface area contributed by atoms with Crippen molar-refractivity contribution >= 4 is 11.4 Å². The summed E-state index contributed by atoms with van der Waals surface area (Å²) in [6.07, 6.45) is 1.44. The lowest BCUT2D eigenvalue weighted by Crippen LogP contribution is -2.04. The van der Waals surface area contributed by atoms with Crippen molar-refractivity contribution in [2.75, 3.05) is 0 Å². The predicted octanol–water partition coefficient (Wildman–Crippen LogP) is 0.635. The maximum Gasteiger partial charge on any atom is 0.281 e. The summed E-state index contributed by atoms with van der Waals surface area (Å²) in [5.41, 5.74) is -0.125. The van der Waals surface area contributed by atoms with Crippen LogP contribution in [0.5, 0.6) is 0 Å². The first kappa shape index (κ1) is 13.5. The number of aliphatic hydroxyl groups excluding tert-OH is 1. The average molecular weight is 279 g/mol. The fourth-order valence-electron chi connectivity index (χ4n) is 1.63. The van der Waals surface area contributed by atoms with Gasteiger partial charge in [0.05, 0.1) is 40.8 Å². The molecule has 2 rings (SSSR count).